The van der Waals surface area contributed by atoms with Crippen LogP contribution in [0.3, 0.4) is 0 Å². The summed E-state index contributed by atoms with van der Waals surface area (Å²) >= 11 is 1.42. The standard InChI is InChI=1S/C33H27F2N3O4S/c34-24-17-26-28-23(29(24)35)19-43-27-12-6-5-11-22(27)30(28)38-20-36(14-7-2-8-16-41-26)33(40)31-32(25(39)13-15-37(31)38)42-18-21-9-3-1-4-10-21/h1-6,8-13,15,17,30H,7,14,16,18-20H2/b8-2-/t30-/m0/s1. The minimum atomic E-state index is -0.980. The van der Waals surface area contributed by atoms with Gasteiger partial charge in [-0.2, -0.15) is 0 Å². The summed E-state index contributed by atoms with van der Waals surface area (Å²) in [6.07, 6.45) is 5.78. The number of fused-ring (bicyclic) bond motifs is 7. The maximum Gasteiger partial charge on any atom is 0.277 e. The monoisotopic (exact) mass is 599 g/mol. The van der Waals surface area contributed by atoms with Crippen molar-refractivity contribution in [3.63, 3.8) is 0 Å². The summed E-state index contributed by atoms with van der Waals surface area (Å²) in [4.78, 5) is 29.9. The second-order valence-electron chi connectivity index (χ2n) is 10.5. The van der Waals surface area contributed by atoms with Crippen molar-refractivity contribution < 1.29 is 23.0 Å². The fraction of sp³-hybridized carbons (Fsp3) is 0.212. The summed E-state index contributed by atoms with van der Waals surface area (Å²) in [6.45, 7) is 0.751. The first kappa shape index (κ1) is 27.3. The van der Waals surface area contributed by atoms with Crippen LogP contribution in [0.15, 0.2) is 94.8 Å². The number of hydrogen-bond acceptors (Lipinski definition) is 6. The van der Waals surface area contributed by atoms with Gasteiger partial charge in [0.25, 0.3) is 5.91 Å². The number of nitrogens with zero attached hydrogens (tertiary/aromatic N) is 3. The Balaban J connectivity index is 1.47. The Kier molecular flexibility index (Phi) is 7.14. The Morgan fingerprint density at radius 3 is 2.67 bits per heavy atom. The van der Waals surface area contributed by atoms with Crippen molar-refractivity contribution in [2.75, 3.05) is 24.8 Å². The average Bonchev–Trinajstić information content (AvgIpc) is 3.19. The van der Waals surface area contributed by atoms with Gasteiger partial charge < -0.3 is 14.4 Å². The third-order valence-corrected chi connectivity index (χ3v) is 9.01. The third-order valence-electron chi connectivity index (χ3n) is 7.89. The van der Waals surface area contributed by atoms with Crippen LogP contribution in [-0.4, -0.2) is 35.3 Å². The van der Waals surface area contributed by atoms with Crippen molar-refractivity contribution in [1.29, 1.82) is 0 Å². The van der Waals surface area contributed by atoms with Crippen molar-refractivity contribution in [3.8, 4) is 11.5 Å². The lowest BCUT2D eigenvalue weighted by molar-refractivity contribution is 0.0679. The highest BCUT2D eigenvalue weighted by Crippen LogP contribution is 2.47. The van der Waals surface area contributed by atoms with Gasteiger partial charge in [0.05, 0.1) is 0 Å². The van der Waals surface area contributed by atoms with E-state index in [0.29, 0.717) is 18.5 Å². The molecule has 0 unspecified atom stereocenters. The third kappa shape index (κ3) is 4.85. The number of carbonyl (C=O) groups excluding carboxylic acids is 1. The van der Waals surface area contributed by atoms with E-state index >= 15 is 4.39 Å². The van der Waals surface area contributed by atoms with Crippen LogP contribution in [0.2, 0.25) is 0 Å². The van der Waals surface area contributed by atoms with Crippen LogP contribution in [0.4, 0.5) is 8.78 Å². The summed E-state index contributed by atoms with van der Waals surface area (Å²) in [6, 6.07) is 18.9. The van der Waals surface area contributed by atoms with Crippen LogP contribution in [0.1, 0.15) is 45.2 Å². The van der Waals surface area contributed by atoms with E-state index in [1.54, 1.807) is 15.8 Å². The largest absolute Gasteiger partial charge is 0.489 e. The van der Waals surface area contributed by atoms with Gasteiger partial charge in [-0.3, -0.25) is 19.3 Å². The molecule has 1 amide bonds. The molecule has 4 aromatic rings. The van der Waals surface area contributed by atoms with E-state index in [1.807, 2.05) is 71.8 Å². The van der Waals surface area contributed by atoms with E-state index in [-0.39, 0.29) is 54.3 Å². The maximum atomic E-state index is 15.6. The molecule has 3 aliphatic heterocycles. The lowest BCUT2D eigenvalue weighted by Gasteiger charge is -2.44. The molecule has 3 aliphatic rings. The number of halogens is 2. The van der Waals surface area contributed by atoms with Crippen molar-refractivity contribution in [2.45, 2.75) is 29.7 Å². The van der Waals surface area contributed by atoms with Crippen molar-refractivity contribution in [3.05, 3.63) is 135 Å². The molecule has 4 heterocycles. The fourth-order valence-electron chi connectivity index (χ4n) is 5.86. The zero-order valence-electron chi connectivity index (χ0n) is 23.0. The predicted octanol–water partition coefficient (Wildman–Crippen LogP) is 5.79. The lowest BCUT2D eigenvalue weighted by atomic mass is 9.92. The van der Waals surface area contributed by atoms with Gasteiger partial charge in [0, 0.05) is 46.6 Å². The van der Waals surface area contributed by atoms with Crippen LogP contribution in [0, 0.1) is 11.6 Å². The van der Waals surface area contributed by atoms with Crippen molar-refractivity contribution in [2.24, 2.45) is 0 Å². The molecule has 0 fully saturated rings. The molecule has 1 aromatic heterocycles. The second kappa shape index (κ2) is 11.3. The quantitative estimate of drug-likeness (QED) is 0.278. The number of aromatic nitrogens is 1. The first-order chi connectivity index (χ1) is 21.0. The lowest BCUT2D eigenvalue weighted by Crippen LogP contribution is -2.56. The highest BCUT2D eigenvalue weighted by atomic mass is 32.2. The first-order valence-electron chi connectivity index (χ1n) is 14.0. The van der Waals surface area contributed by atoms with Crippen LogP contribution < -0.4 is 19.9 Å². The van der Waals surface area contributed by atoms with E-state index in [4.69, 9.17) is 9.47 Å². The van der Waals surface area contributed by atoms with E-state index < -0.39 is 23.1 Å². The van der Waals surface area contributed by atoms with Gasteiger partial charge in [-0.25, -0.2) is 8.78 Å². The molecule has 218 valence electrons. The van der Waals surface area contributed by atoms with Crippen LogP contribution >= 0.6 is 11.8 Å². The number of pyridine rings is 1. The second-order valence-corrected chi connectivity index (χ2v) is 11.5. The molecule has 10 heteroatoms. The van der Waals surface area contributed by atoms with E-state index in [9.17, 15) is 14.0 Å². The number of carbonyl (C=O) groups is 1. The highest BCUT2D eigenvalue weighted by Gasteiger charge is 2.41. The number of hydrogen-bond donors (Lipinski definition) is 0. The van der Waals surface area contributed by atoms with Gasteiger partial charge in [-0.1, -0.05) is 60.7 Å². The van der Waals surface area contributed by atoms with Gasteiger partial charge >= 0.3 is 0 Å². The summed E-state index contributed by atoms with van der Waals surface area (Å²) in [5.41, 5.74) is 2.03. The minimum Gasteiger partial charge on any atom is -0.489 e. The molecule has 0 saturated heterocycles. The summed E-state index contributed by atoms with van der Waals surface area (Å²) < 4.78 is 44.4. The molecule has 0 radical (unpaired) electrons. The Hall–Kier alpha value is -4.57. The molecule has 0 N–H and O–H groups in total. The van der Waals surface area contributed by atoms with E-state index in [0.717, 1.165) is 22.1 Å². The van der Waals surface area contributed by atoms with E-state index in [2.05, 4.69) is 0 Å². The molecule has 43 heavy (non-hydrogen) atoms. The molecule has 0 spiro atoms. The summed E-state index contributed by atoms with van der Waals surface area (Å²) in [5.74, 6) is -1.89. The molecular formula is C33H27F2N3O4S. The molecule has 7 nitrogen and oxygen atoms in total. The minimum absolute atomic E-state index is 0.0630. The van der Waals surface area contributed by atoms with E-state index in [1.165, 1.54) is 17.8 Å². The zero-order chi connectivity index (χ0) is 29.5. The van der Waals surface area contributed by atoms with Crippen LogP contribution in [0.25, 0.3) is 0 Å². The van der Waals surface area contributed by atoms with Gasteiger partial charge in [-0.05, 0) is 23.6 Å². The number of benzene rings is 3. The van der Waals surface area contributed by atoms with Gasteiger partial charge in [-0.15, -0.1) is 11.8 Å². The Morgan fingerprint density at radius 2 is 1.81 bits per heavy atom. The molecule has 7 rings (SSSR count). The average molecular weight is 600 g/mol. The number of thioether (sulfide) groups is 1. The number of rotatable bonds is 3. The Bertz CT molecular complexity index is 1810. The normalized spacial score (nSPS) is 18.2. The molecular weight excluding hydrogens is 572 g/mol. The Labute approximate surface area is 250 Å². The van der Waals surface area contributed by atoms with Crippen LogP contribution in [-0.2, 0) is 12.4 Å². The Morgan fingerprint density at radius 1 is 1.00 bits per heavy atom. The van der Waals surface area contributed by atoms with Crippen LogP contribution in [0.5, 0.6) is 11.5 Å². The molecule has 2 bridgehead atoms. The number of amides is 1. The SMILES string of the molecule is O=C1c2c(OCc3ccccc3)c(=O)ccn2N2CN1CC/C=C\COc1cc(F)c(F)c3c1[C@@H]2c1ccccc1SC3. The number of ether oxygens (including phenoxy) is 2. The van der Waals surface area contributed by atoms with Crippen molar-refractivity contribution >= 4 is 17.7 Å². The molecule has 0 saturated carbocycles. The van der Waals surface area contributed by atoms with Gasteiger partial charge in [0.15, 0.2) is 23.1 Å². The molecule has 0 aliphatic carbocycles. The summed E-state index contributed by atoms with van der Waals surface area (Å²) in [7, 11) is 0. The van der Waals surface area contributed by atoms with Gasteiger partial charge in [0.1, 0.15) is 31.7 Å². The predicted molar refractivity (Wildman–Crippen MR) is 159 cm³/mol. The smallest absolute Gasteiger partial charge is 0.277 e. The summed E-state index contributed by atoms with van der Waals surface area (Å²) in [5, 5.41) is 1.91. The molecule has 1 atom stereocenters. The topological polar surface area (TPSA) is 64.0 Å². The molecule has 3 aromatic carbocycles. The fourth-order valence-corrected chi connectivity index (χ4v) is 6.96. The highest BCUT2D eigenvalue weighted by molar-refractivity contribution is 7.98. The maximum absolute atomic E-state index is 15.6. The zero-order valence-corrected chi connectivity index (χ0v) is 23.9. The first-order valence-corrected chi connectivity index (χ1v) is 15.0. The van der Waals surface area contributed by atoms with Crippen molar-refractivity contribution in [1.82, 2.24) is 9.58 Å². The van der Waals surface area contributed by atoms with Gasteiger partial charge in [0.2, 0.25) is 5.43 Å².